The molecule has 0 aromatic rings. The SMILES string of the molecule is C[C@]1(CO[C@@H]2O[C@H](CO)[C@H](O)[C@H](O)[C@H]2O)[C@H]2CC[C@@]34C[C@@H](CC[C@H]3[C@]2(C)CC[C@H]1O)[C@@](O)(CO)[C@@H]4O. The first kappa shape index (κ1) is 27.2. The molecular formula is C26H44O10. The Labute approximate surface area is 211 Å². The van der Waals surface area contributed by atoms with Crippen LogP contribution in [0.4, 0.5) is 0 Å². The Morgan fingerprint density at radius 3 is 2.25 bits per heavy atom. The lowest BCUT2D eigenvalue weighted by Gasteiger charge is -2.65. The van der Waals surface area contributed by atoms with Gasteiger partial charge in [-0.1, -0.05) is 13.8 Å². The number of hydrogen-bond acceptors (Lipinski definition) is 10. The molecule has 2 bridgehead atoms. The summed E-state index contributed by atoms with van der Waals surface area (Å²) in [5, 5.41) is 83.9. The predicted octanol–water partition coefficient (Wildman–Crippen LogP) is -1.12. The van der Waals surface area contributed by atoms with Crippen LogP contribution in [0.1, 0.15) is 58.8 Å². The van der Waals surface area contributed by atoms with Crippen molar-refractivity contribution in [3.8, 4) is 0 Å². The summed E-state index contributed by atoms with van der Waals surface area (Å²) in [5.74, 6) is 0.0273. The summed E-state index contributed by atoms with van der Waals surface area (Å²) in [6.45, 7) is 3.26. The fourth-order valence-electron chi connectivity index (χ4n) is 9.51. The van der Waals surface area contributed by atoms with E-state index in [1.54, 1.807) is 0 Å². The van der Waals surface area contributed by atoms with E-state index in [0.29, 0.717) is 25.7 Å². The second-order valence-corrected chi connectivity index (χ2v) is 13.0. The van der Waals surface area contributed by atoms with Crippen molar-refractivity contribution in [2.45, 2.75) is 107 Å². The van der Waals surface area contributed by atoms with E-state index in [2.05, 4.69) is 6.92 Å². The third-order valence-corrected chi connectivity index (χ3v) is 11.5. The van der Waals surface area contributed by atoms with Crippen molar-refractivity contribution in [1.29, 1.82) is 0 Å². The number of hydrogen-bond donors (Lipinski definition) is 8. The molecule has 1 heterocycles. The Morgan fingerprint density at radius 1 is 0.861 bits per heavy atom. The molecule has 5 fully saturated rings. The summed E-state index contributed by atoms with van der Waals surface area (Å²) >= 11 is 0. The van der Waals surface area contributed by atoms with Crippen LogP contribution in [0.25, 0.3) is 0 Å². The molecule has 8 N–H and O–H groups in total. The lowest BCUT2D eigenvalue weighted by Crippen LogP contribution is -2.64. The maximum atomic E-state index is 11.4. The van der Waals surface area contributed by atoms with E-state index in [1.165, 1.54) is 0 Å². The molecule has 0 unspecified atom stereocenters. The standard InChI is InChI=1S/C26H44O10/c1-23-7-6-17(29)24(2,12-35-21-20(32)19(31)18(30)14(10-27)36-21)15(23)5-8-25-9-13(3-4-16(23)25)26(34,11-28)22(25)33/h13-22,27-34H,3-12H2,1-2H3/t13-,14-,15+,16+,17-,18+,19+,20-,21-,22-,23-,24+,25-,26+/m1/s1. The van der Waals surface area contributed by atoms with Crippen molar-refractivity contribution in [2.24, 2.45) is 34.0 Å². The molecule has 1 spiro atoms. The first-order valence-corrected chi connectivity index (χ1v) is 13.5. The molecule has 0 aromatic heterocycles. The van der Waals surface area contributed by atoms with E-state index in [0.717, 1.165) is 19.3 Å². The maximum Gasteiger partial charge on any atom is 0.186 e. The van der Waals surface area contributed by atoms with Crippen LogP contribution in [0.5, 0.6) is 0 Å². The van der Waals surface area contributed by atoms with Gasteiger partial charge >= 0.3 is 0 Å². The summed E-state index contributed by atoms with van der Waals surface area (Å²) in [4.78, 5) is 0. The molecule has 1 saturated heterocycles. The minimum atomic E-state index is -1.53. The van der Waals surface area contributed by atoms with Crippen molar-refractivity contribution in [3.05, 3.63) is 0 Å². The number of aliphatic hydroxyl groups is 8. The maximum absolute atomic E-state index is 11.4. The first-order chi connectivity index (χ1) is 16.9. The second-order valence-electron chi connectivity index (χ2n) is 13.0. The zero-order chi connectivity index (χ0) is 26.3. The lowest BCUT2D eigenvalue weighted by atomic mass is 9.40. The van der Waals surface area contributed by atoms with E-state index >= 15 is 0 Å². The van der Waals surface area contributed by atoms with Gasteiger partial charge in [0.15, 0.2) is 6.29 Å². The van der Waals surface area contributed by atoms with Gasteiger partial charge in [0, 0.05) is 10.8 Å². The van der Waals surface area contributed by atoms with Crippen LogP contribution in [-0.2, 0) is 9.47 Å². The molecule has 0 amide bonds. The molecule has 5 aliphatic rings. The molecule has 5 rings (SSSR count). The van der Waals surface area contributed by atoms with E-state index < -0.39 is 72.6 Å². The van der Waals surface area contributed by atoms with Crippen LogP contribution < -0.4 is 0 Å². The monoisotopic (exact) mass is 516 g/mol. The molecule has 4 saturated carbocycles. The van der Waals surface area contributed by atoms with Gasteiger partial charge in [0.05, 0.1) is 32.0 Å². The van der Waals surface area contributed by atoms with Gasteiger partial charge in [0.25, 0.3) is 0 Å². The quantitative estimate of drug-likeness (QED) is 0.223. The highest BCUT2D eigenvalue weighted by Gasteiger charge is 2.72. The first-order valence-electron chi connectivity index (χ1n) is 13.5. The van der Waals surface area contributed by atoms with Crippen LogP contribution in [-0.4, -0.2) is 109 Å². The molecular weight excluding hydrogens is 472 g/mol. The molecule has 4 aliphatic carbocycles. The van der Waals surface area contributed by atoms with Gasteiger partial charge in [0.2, 0.25) is 0 Å². The summed E-state index contributed by atoms with van der Waals surface area (Å²) in [7, 11) is 0. The number of fused-ring (bicyclic) bond motifs is 3. The van der Waals surface area contributed by atoms with Crippen LogP contribution in [0.2, 0.25) is 0 Å². The fraction of sp³-hybridized carbons (Fsp3) is 1.00. The molecule has 208 valence electrons. The molecule has 10 heteroatoms. The Kier molecular flexibility index (Phi) is 6.85. The third-order valence-electron chi connectivity index (χ3n) is 11.5. The van der Waals surface area contributed by atoms with E-state index in [4.69, 9.17) is 9.47 Å². The largest absolute Gasteiger partial charge is 0.394 e. The van der Waals surface area contributed by atoms with E-state index in [9.17, 15) is 40.9 Å². The van der Waals surface area contributed by atoms with Crippen LogP contribution in [0.15, 0.2) is 0 Å². The summed E-state index contributed by atoms with van der Waals surface area (Å²) < 4.78 is 11.5. The molecule has 36 heavy (non-hydrogen) atoms. The number of aliphatic hydroxyl groups excluding tert-OH is 7. The van der Waals surface area contributed by atoms with Gasteiger partial charge in [-0.15, -0.1) is 0 Å². The summed E-state index contributed by atoms with van der Waals surface area (Å²) in [6, 6.07) is 0. The van der Waals surface area contributed by atoms with Crippen molar-refractivity contribution in [2.75, 3.05) is 19.8 Å². The number of rotatable bonds is 5. The van der Waals surface area contributed by atoms with Gasteiger partial charge in [-0.3, -0.25) is 0 Å². The molecule has 10 nitrogen and oxygen atoms in total. The van der Waals surface area contributed by atoms with Crippen LogP contribution in [0.3, 0.4) is 0 Å². The van der Waals surface area contributed by atoms with E-state index in [-0.39, 0.29) is 29.8 Å². The smallest absolute Gasteiger partial charge is 0.186 e. The number of ether oxygens (including phenoxy) is 2. The highest BCUT2D eigenvalue weighted by Crippen LogP contribution is 2.72. The van der Waals surface area contributed by atoms with Gasteiger partial charge in [0.1, 0.15) is 30.0 Å². The Bertz CT molecular complexity index is 827. The summed E-state index contributed by atoms with van der Waals surface area (Å²) in [5.41, 5.74) is -2.88. The lowest BCUT2D eigenvalue weighted by molar-refractivity contribution is -0.315. The normalized spacial score (nSPS) is 58.8. The minimum absolute atomic E-state index is 0.0285. The van der Waals surface area contributed by atoms with E-state index in [1.807, 2.05) is 6.92 Å². The van der Waals surface area contributed by atoms with Crippen molar-refractivity contribution >= 4 is 0 Å². The zero-order valence-electron chi connectivity index (χ0n) is 21.2. The van der Waals surface area contributed by atoms with Gasteiger partial charge < -0.3 is 50.3 Å². The van der Waals surface area contributed by atoms with Gasteiger partial charge in [-0.2, -0.15) is 0 Å². The zero-order valence-corrected chi connectivity index (χ0v) is 21.2. The second kappa shape index (κ2) is 9.08. The van der Waals surface area contributed by atoms with Crippen LogP contribution >= 0.6 is 0 Å². The predicted molar refractivity (Wildman–Crippen MR) is 125 cm³/mol. The third kappa shape index (κ3) is 3.53. The summed E-state index contributed by atoms with van der Waals surface area (Å²) in [6.07, 6.45) is -3.52. The Morgan fingerprint density at radius 2 is 1.58 bits per heavy atom. The van der Waals surface area contributed by atoms with Gasteiger partial charge in [-0.05, 0) is 68.1 Å². The van der Waals surface area contributed by atoms with Crippen molar-refractivity contribution in [1.82, 2.24) is 0 Å². The minimum Gasteiger partial charge on any atom is -0.394 e. The molecule has 1 aliphatic heterocycles. The highest BCUT2D eigenvalue weighted by molar-refractivity contribution is 5.21. The Balaban J connectivity index is 1.39. The fourth-order valence-corrected chi connectivity index (χ4v) is 9.51. The molecule has 14 atom stereocenters. The topological polar surface area (TPSA) is 180 Å². The van der Waals surface area contributed by atoms with Crippen LogP contribution in [0, 0.1) is 34.0 Å². The average Bonchev–Trinajstić information content (AvgIpc) is 3.02. The van der Waals surface area contributed by atoms with Crippen molar-refractivity contribution < 1.29 is 50.3 Å². The highest BCUT2D eigenvalue weighted by atomic mass is 16.7. The van der Waals surface area contributed by atoms with Crippen molar-refractivity contribution in [3.63, 3.8) is 0 Å². The molecule has 0 radical (unpaired) electrons. The Hall–Kier alpha value is -0.400. The van der Waals surface area contributed by atoms with Gasteiger partial charge in [-0.25, -0.2) is 0 Å². The molecule has 0 aromatic carbocycles. The average molecular weight is 517 g/mol.